The first-order chi connectivity index (χ1) is 8.85. The maximum Gasteiger partial charge on any atom is 0.166 e. The molecule has 96 valence electrons. The fraction of sp³-hybridized carbons (Fsp3) is 0.462. The Bertz CT molecular complexity index is 535. The highest BCUT2D eigenvalue weighted by atomic mass is 32.2. The summed E-state index contributed by atoms with van der Waals surface area (Å²) < 4.78 is 10.8. The van der Waals surface area contributed by atoms with Gasteiger partial charge in [-0.05, 0) is 25.0 Å². The number of benzene rings is 1. The van der Waals surface area contributed by atoms with E-state index < -0.39 is 0 Å². The minimum atomic E-state index is 0.387. The second-order valence-corrected chi connectivity index (χ2v) is 5.38. The molecule has 2 heterocycles. The van der Waals surface area contributed by atoms with Crippen molar-refractivity contribution in [1.29, 1.82) is 0 Å². The normalized spacial score (nSPS) is 19.5. The number of aromatic amines is 1. The molecule has 0 radical (unpaired) electrons. The number of fused-ring (bicyclic) bond motifs is 1. The van der Waals surface area contributed by atoms with Crippen molar-refractivity contribution in [2.24, 2.45) is 0 Å². The lowest BCUT2D eigenvalue weighted by molar-refractivity contribution is 0.129. The zero-order chi connectivity index (χ0) is 12.4. The van der Waals surface area contributed by atoms with E-state index in [4.69, 9.17) is 9.47 Å². The molecule has 1 atom stereocenters. The molecule has 1 saturated heterocycles. The van der Waals surface area contributed by atoms with E-state index >= 15 is 0 Å². The molecule has 3 rings (SSSR count). The van der Waals surface area contributed by atoms with Crippen LogP contribution in [0, 0.1) is 0 Å². The monoisotopic (exact) mass is 264 g/mol. The first kappa shape index (κ1) is 11.9. The van der Waals surface area contributed by atoms with Crippen LogP contribution < -0.4 is 4.74 Å². The van der Waals surface area contributed by atoms with Gasteiger partial charge in [-0.2, -0.15) is 0 Å². The molecule has 1 aromatic heterocycles. The molecule has 1 unspecified atom stereocenters. The smallest absolute Gasteiger partial charge is 0.166 e. The fourth-order valence-electron chi connectivity index (χ4n) is 2.11. The minimum absolute atomic E-state index is 0.387. The van der Waals surface area contributed by atoms with E-state index in [1.165, 1.54) is 12.8 Å². The molecule has 4 nitrogen and oxygen atoms in total. The molecule has 0 saturated carbocycles. The number of aromatic nitrogens is 2. The van der Waals surface area contributed by atoms with Gasteiger partial charge >= 0.3 is 0 Å². The molecule has 1 N–H and O–H groups in total. The molecule has 0 aliphatic carbocycles. The molecule has 5 heteroatoms. The van der Waals surface area contributed by atoms with Crippen molar-refractivity contribution in [3.8, 4) is 5.75 Å². The lowest BCUT2D eigenvalue weighted by Gasteiger charge is -2.06. The standard InChI is InChI=1S/C13H16N2O2S/c1-16-9-4-5-11-12(7-9)15-13(14-11)18-8-10-3-2-6-17-10/h4-5,7,10H,2-3,6,8H2,1H3,(H,14,15). The summed E-state index contributed by atoms with van der Waals surface area (Å²) in [5, 5.41) is 0.953. The van der Waals surface area contributed by atoms with Crippen LogP contribution in [-0.2, 0) is 4.74 Å². The lowest BCUT2D eigenvalue weighted by atomic mass is 10.3. The van der Waals surface area contributed by atoms with E-state index in [1.807, 2.05) is 18.2 Å². The number of hydrogen-bond acceptors (Lipinski definition) is 4. The Kier molecular flexibility index (Phi) is 3.43. The van der Waals surface area contributed by atoms with Crippen LogP contribution in [0.5, 0.6) is 5.75 Å². The third kappa shape index (κ3) is 2.47. The third-order valence-electron chi connectivity index (χ3n) is 3.10. The molecule has 1 aliphatic rings. The van der Waals surface area contributed by atoms with Gasteiger partial charge in [0, 0.05) is 18.4 Å². The molecular weight excluding hydrogens is 248 g/mol. The molecule has 1 aliphatic heterocycles. The van der Waals surface area contributed by atoms with Gasteiger partial charge in [-0.25, -0.2) is 4.98 Å². The predicted octanol–water partition coefficient (Wildman–Crippen LogP) is 2.84. The van der Waals surface area contributed by atoms with Gasteiger partial charge in [-0.3, -0.25) is 0 Å². The van der Waals surface area contributed by atoms with E-state index in [0.29, 0.717) is 6.10 Å². The van der Waals surface area contributed by atoms with Crippen LogP contribution in [0.15, 0.2) is 23.4 Å². The SMILES string of the molecule is COc1ccc2nc(SCC3CCCO3)[nH]c2c1. The molecule has 1 aromatic carbocycles. The number of nitrogens with one attached hydrogen (secondary N) is 1. The Hall–Kier alpha value is -1.20. The van der Waals surface area contributed by atoms with Gasteiger partial charge < -0.3 is 14.5 Å². The van der Waals surface area contributed by atoms with Crippen LogP contribution in [0.4, 0.5) is 0 Å². The van der Waals surface area contributed by atoms with Crippen LogP contribution in [0.3, 0.4) is 0 Å². The molecular formula is C13H16N2O2S. The number of methoxy groups -OCH3 is 1. The topological polar surface area (TPSA) is 47.1 Å². The molecule has 1 fully saturated rings. The summed E-state index contributed by atoms with van der Waals surface area (Å²) >= 11 is 1.72. The van der Waals surface area contributed by atoms with Gasteiger partial charge in [0.05, 0.1) is 24.2 Å². The third-order valence-corrected chi connectivity index (χ3v) is 4.10. The van der Waals surface area contributed by atoms with Crippen molar-refractivity contribution in [2.45, 2.75) is 24.1 Å². The second kappa shape index (κ2) is 5.20. The maximum atomic E-state index is 5.60. The number of thioether (sulfide) groups is 1. The quantitative estimate of drug-likeness (QED) is 0.863. The number of nitrogens with zero attached hydrogens (tertiary/aromatic N) is 1. The first-order valence-electron chi connectivity index (χ1n) is 6.13. The van der Waals surface area contributed by atoms with E-state index in [1.54, 1.807) is 18.9 Å². The van der Waals surface area contributed by atoms with Crippen molar-refractivity contribution >= 4 is 22.8 Å². The summed E-state index contributed by atoms with van der Waals surface area (Å²) in [6, 6.07) is 5.87. The summed E-state index contributed by atoms with van der Waals surface area (Å²) in [4.78, 5) is 7.86. The van der Waals surface area contributed by atoms with Gasteiger partial charge in [0.25, 0.3) is 0 Å². The lowest BCUT2D eigenvalue weighted by Crippen LogP contribution is -2.07. The highest BCUT2D eigenvalue weighted by Gasteiger charge is 2.16. The molecule has 2 aromatic rings. The van der Waals surface area contributed by atoms with E-state index in [0.717, 1.165) is 34.3 Å². The number of ether oxygens (including phenoxy) is 2. The Balaban J connectivity index is 1.72. The zero-order valence-corrected chi connectivity index (χ0v) is 11.1. The number of hydrogen-bond donors (Lipinski definition) is 1. The van der Waals surface area contributed by atoms with Crippen LogP contribution in [-0.4, -0.2) is 35.5 Å². The Morgan fingerprint density at radius 1 is 1.56 bits per heavy atom. The maximum absolute atomic E-state index is 5.60. The fourth-order valence-corrected chi connectivity index (χ4v) is 3.06. The van der Waals surface area contributed by atoms with Crippen molar-refractivity contribution in [1.82, 2.24) is 9.97 Å². The average Bonchev–Trinajstić information content (AvgIpc) is 3.04. The van der Waals surface area contributed by atoms with Crippen LogP contribution in [0.1, 0.15) is 12.8 Å². The van der Waals surface area contributed by atoms with Gasteiger partial charge in [0.15, 0.2) is 5.16 Å². The summed E-state index contributed by atoms with van der Waals surface area (Å²) in [5.41, 5.74) is 2.00. The van der Waals surface area contributed by atoms with Gasteiger partial charge in [0.2, 0.25) is 0 Å². The predicted molar refractivity (Wildman–Crippen MR) is 72.3 cm³/mol. The van der Waals surface area contributed by atoms with Gasteiger partial charge in [-0.15, -0.1) is 0 Å². The number of rotatable bonds is 4. The van der Waals surface area contributed by atoms with Crippen LogP contribution in [0.2, 0.25) is 0 Å². The summed E-state index contributed by atoms with van der Waals surface area (Å²) in [5.74, 6) is 1.82. The molecule has 18 heavy (non-hydrogen) atoms. The van der Waals surface area contributed by atoms with E-state index in [2.05, 4.69) is 9.97 Å². The highest BCUT2D eigenvalue weighted by molar-refractivity contribution is 7.99. The number of H-pyrrole nitrogens is 1. The minimum Gasteiger partial charge on any atom is -0.497 e. The van der Waals surface area contributed by atoms with E-state index in [9.17, 15) is 0 Å². The highest BCUT2D eigenvalue weighted by Crippen LogP contribution is 2.25. The summed E-state index contributed by atoms with van der Waals surface area (Å²) in [6.07, 6.45) is 2.74. The Labute approximate surface area is 110 Å². The summed E-state index contributed by atoms with van der Waals surface area (Å²) in [7, 11) is 1.67. The zero-order valence-electron chi connectivity index (χ0n) is 10.3. The Morgan fingerprint density at radius 3 is 3.28 bits per heavy atom. The number of imidazole rings is 1. The molecule has 0 spiro atoms. The van der Waals surface area contributed by atoms with Crippen molar-refractivity contribution in [3.63, 3.8) is 0 Å². The van der Waals surface area contributed by atoms with Crippen molar-refractivity contribution in [3.05, 3.63) is 18.2 Å². The second-order valence-electron chi connectivity index (χ2n) is 4.37. The van der Waals surface area contributed by atoms with E-state index in [-0.39, 0.29) is 0 Å². The largest absolute Gasteiger partial charge is 0.497 e. The van der Waals surface area contributed by atoms with Gasteiger partial charge in [0.1, 0.15) is 5.75 Å². The van der Waals surface area contributed by atoms with Gasteiger partial charge in [-0.1, -0.05) is 11.8 Å². The first-order valence-corrected chi connectivity index (χ1v) is 7.12. The molecule has 0 amide bonds. The van der Waals surface area contributed by atoms with Crippen LogP contribution >= 0.6 is 11.8 Å². The summed E-state index contributed by atoms with van der Waals surface area (Å²) in [6.45, 7) is 0.905. The van der Waals surface area contributed by atoms with Crippen molar-refractivity contribution < 1.29 is 9.47 Å². The molecule has 0 bridgehead atoms. The van der Waals surface area contributed by atoms with Crippen LogP contribution in [0.25, 0.3) is 11.0 Å². The van der Waals surface area contributed by atoms with Crippen molar-refractivity contribution in [2.75, 3.05) is 19.5 Å². The average molecular weight is 264 g/mol. The Morgan fingerprint density at radius 2 is 2.50 bits per heavy atom.